The van der Waals surface area contributed by atoms with Crippen LogP contribution in [0.2, 0.25) is 0 Å². The van der Waals surface area contributed by atoms with Crippen molar-refractivity contribution in [2.75, 3.05) is 13.1 Å². The maximum Gasteiger partial charge on any atom is 0.305 e. The number of hydrogen-bond acceptors (Lipinski definition) is 6. The number of carbonyl (C=O) groups excluding carboxylic acids is 4. The Balaban J connectivity index is 2.62. The molecule has 2 atom stereocenters. The number of nitrogens with one attached hydrogen (secondary N) is 4. The molecule has 0 radical (unpaired) electrons. The number of aliphatic carboxylic acids is 1. The summed E-state index contributed by atoms with van der Waals surface area (Å²) >= 11 is 0. The van der Waals surface area contributed by atoms with Crippen molar-refractivity contribution in [2.24, 2.45) is 16.5 Å². The van der Waals surface area contributed by atoms with E-state index in [4.69, 9.17) is 16.6 Å². The number of carbonyl (C=O) groups is 5. The van der Waals surface area contributed by atoms with Gasteiger partial charge in [-0.05, 0) is 18.4 Å². The number of hydrogen-bond donors (Lipinski definition) is 7. The Kier molecular flexibility index (Phi) is 12.1. The van der Waals surface area contributed by atoms with Crippen LogP contribution < -0.4 is 32.7 Å². The van der Waals surface area contributed by atoms with E-state index in [0.717, 1.165) is 5.56 Å². The van der Waals surface area contributed by atoms with E-state index in [1.54, 1.807) is 24.3 Å². The minimum atomic E-state index is -1.34. The summed E-state index contributed by atoms with van der Waals surface area (Å²) in [6, 6.07) is 6.69. The topological polar surface area (TPSA) is 218 Å². The summed E-state index contributed by atoms with van der Waals surface area (Å²) in [6.07, 6.45) is -0.0301. The fourth-order valence-corrected chi connectivity index (χ4v) is 2.85. The van der Waals surface area contributed by atoms with Crippen LogP contribution in [-0.2, 0) is 30.5 Å². The molecule has 9 N–H and O–H groups in total. The number of rotatable bonds is 14. The standard InChI is InChI=1S/C21H31N7O6/c1-13(29)27-15(8-5-9-24-21(22)23)19(33)26-12-17(30)28-16(10-18(31)32)20(34)25-11-14-6-3-2-4-7-14/h2-4,6-7,15-16H,5,8-12H2,1H3,(H,25,34)(H,26,33)(H,27,29)(H,28,30)(H,31,32)(H4,22,23,24). The van der Waals surface area contributed by atoms with Gasteiger partial charge in [0.05, 0.1) is 13.0 Å². The Hall–Kier alpha value is -4.16. The SMILES string of the molecule is CC(=O)NC(CCCN=C(N)N)C(=O)NCC(=O)NC(CC(=O)O)C(=O)NCc1ccccc1. The highest BCUT2D eigenvalue weighted by Gasteiger charge is 2.25. The van der Waals surface area contributed by atoms with Crippen LogP contribution >= 0.6 is 0 Å². The molecular formula is C21H31N7O6. The van der Waals surface area contributed by atoms with E-state index in [1.807, 2.05) is 6.07 Å². The molecule has 0 aliphatic carbocycles. The number of amides is 4. The van der Waals surface area contributed by atoms with Crippen LogP contribution in [0.4, 0.5) is 0 Å². The van der Waals surface area contributed by atoms with Gasteiger partial charge in [0.15, 0.2) is 5.96 Å². The predicted octanol–water partition coefficient (Wildman–Crippen LogP) is -2.06. The number of carboxylic acid groups (broad SMARTS) is 1. The summed E-state index contributed by atoms with van der Waals surface area (Å²) in [5.74, 6) is -3.89. The first-order valence-corrected chi connectivity index (χ1v) is 10.5. The second kappa shape index (κ2) is 14.8. The first-order valence-electron chi connectivity index (χ1n) is 10.5. The average Bonchev–Trinajstić information content (AvgIpc) is 2.77. The van der Waals surface area contributed by atoms with E-state index < -0.39 is 54.6 Å². The second-order valence-corrected chi connectivity index (χ2v) is 7.34. The highest BCUT2D eigenvalue weighted by atomic mass is 16.4. The Labute approximate surface area is 196 Å². The molecule has 1 aromatic rings. The van der Waals surface area contributed by atoms with E-state index in [9.17, 15) is 24.0 Å². The Morgan fingerprint density at radius 2 is 1.62 bits per heavy atom. The summed E-state index contributed by atoms with van der Waals surface area (Å²) in [6.45, 7) is 1.13. The van der Waals surface area contributed by atoms with E-state index in [2.05, 4.69) is 26.3 Å². The number of guanidine groups is 1. The van der Waals surface area contributed by atoms with E-state index in [1.165, 1.54) is 6.92 Å². The third-order valence-corrected chi connectivity index (χ3v) is 4.40. The van der Waals surface area contributed by atoms with Gasteiger partial charge in [0.1, 0.15) is 12.1 Å². The summed E-state index contributed by atoms with van der Waals surface area (Å²) in [5, 5.41) is 18.8. The van der Waals surface area contributed by atoms with Crippen molar-refractivity contribution in [1.82, 2.24) is 21.3 Å². The van der Waals surface area contributed by atoms with Crippen molar-refractivity contribution in [3.63, 3.8) is 0 Å². The van der Waals surface area contributed by atoms with Crippen molar-refractivity contribution in [3.05, 3.63) is 35.9 Å². The second-order valence-electron chi connectivity index (χ2n) is 7.34. The van der Waals surface area contributed by atoms with E-state index >= 15 is 0 Å². The van der Waals surface area contributed by atoms with Gasteiger partial charge in [-0.3, -0.25) is 29.0 Å². The monoisotopic (exact) mass is 477 g/mol. The van der Waals surface area contributed by atoms with Gasteiger partial charge < -0.3 is 37.8 Å². The largest absolute Gasteiger partial charge is 0.481 e. The molecule has 0 saturated carbocycles. The zero-order valence-corrected chi connectivity index (χ0v) is 18.9. The Morgan fingerprint density at radius 1 is 0.971 bits per heavy atom. The molecule has 0 bridgehead atoms. The minimum Gasteiger partial charge on any atom is -0.481 e. The number of nitrogens with zero attached hydrogens (tertiary/aromatic N) is 1. The number of benzene rings is 1. The van der Waals surface area contributed by atoms with Crippen molar-refractivity contribution < 1.29 is 29.1 Å². The number of nitrogens with two attached hydrogens (primary N) is 2. The van der Waals surface area contributed by atoms with Crippen molar-refractivity contribution >= 4 is 35.6 Å². The van der Waals surface area contributed by atoms with E-state index in [0.29, 0.717) is 6.42 Å². The highest BCUT2D eigenvalue weighted by Crippen LogP contribution is 2.01. The number of carboxylic acids is 1. The molecule has 13 heteroatoms. The van der Waals surface area contributed by atoms with Crippen LogP contribution in [0.5, 0.6) is 0 Å². The maximum atomic E-state index is 12.4. The fourth-order valence-electron chi connectivity index (χ4n) is 2.85. The molecule has 4 amide bonds. The lowest BCUT2D eigenvalue weighted by molar-refractivity contribution is -0.140. The molecule has 13 nitrogen and oxygen atoms in total. The normalized spacial score (nSPS) is 11.9. The molecule has 0 spiro atoms. The quantitative estimate of drug-likeness (QED) is 0.0895. The third kappa shape index (κ3) is 12.0. The van der Waals surface area contributed by atoms with Gasteiger partial charge in [0.2, 0.25) is 23.6 Å². The Bertz CT molecular complexity index is 887. The third-order valence-electron chi connectivity index (χ3n) is 4.40. The van der Waals surface area contributed by atoms with Gasteiger partial charge in [-0.15, -0.1) is 0 Å². The summed E-state index contributed by atoms with van der Waals surface area (Å²) in [7, 11) is 0. The lowest BCUT2D eigenvalue weighted by atomic mass is 10.1. The molecule has 186 valence electrons. The first kappa shape index (κ1) is 27.9. The highest BCUT2D eigenvalue weighted by molar-refractivity contribution is 5.93. The molecule has 0 aliphatic rings. The van der Waals surface area contributed by atoms with Crippen LogP contribution in [0.25, 0.3) is 0 Å². The first-order chi connectivity index (χ1) is 16.1. The lowest BCUT2D eigenvalue weighted by Gasteiger charge is -2.19. The zero-order valence-electron chi connectivity index (χ0n) is 18.9. The Morgan fingerprint density at radius 3 is 2.21 bits per heavy atom. The molecule has 1 aromatic carbocycles. The molecule has 0 heterocycles. The smallest absolute Gasteiger partial charge is 0.305 e. The molecule has 0 aliphatic heterocycles. The van der Waals surface area contributed by atoms with Crippen molar-refractivity contribution in [2.45, 2.75) is 44.8 Å². The van der Waals surface area contributed by atoms with Gasteiger partial charge in [-0.2, -0.15) is 0 Å². The summed E-state index contributed by atoms with van der Waals surface area (Å²) < 4.78 is 0. The zero-order chi connectivity index (χ0) is 25.5. The van der Waals surface area contributed by atoms with Crippen LogP contribution in [0, 0.1) is 0 Å². The molecule has 0 fully saturated rings. The van der Waals surface area contributed by atoms with Crippen LogP contribution in [0.3, 0.4) is 0 Å². The number of aliphatic imine (C=N–C) groups is 1. The molecular weight excluding hydrogens is 446 g/mol. The van der Waals surface area contributed by atoms with Crippen molar-refractivity contribution in [3.8, 4) is 0 Å². The van der Waals surface area contributed by atoms with Gasteiger partial charge in [0, 0.05) is 20.0 Å². The summed E-state index contributed by atoms with van der Waals surface area (Å²) in [5.41, 5.74) is 11.3. The molecule has 0 aromatic heterocycles. The van der Waals surface area contributed by atoms with Gasteiger partial charge in [-0.25, -0.2) is 0 Å². The molecule has 0 saturated heterocycles. The fraction of sp³-hybridized carbons (Fsp3) is 0.429. The predicted molar refractivity (Wildman–Crippen MR) is 123 cm³/mol. The molecule has 34 heavy (non-hydrogen) atoms. The van der Waals surface area contributed by atoms with Crippen molar-refractivity contribution in [1.29, 1.82) is 0 Å². The van der Waals surface area contributed by atoms with E-state index in [-0.39, 0.29) is 25.5 Å². The van der Waals surface area contributed by atoms with Crippen LogP contribution in [0.1, 0.15) is 31.7 Å². The van der Waals surface area contributed by atoms with Gasteiger partial charge >= 0.3 is 5.97 Å². The van der Waals surface area contributed by atoms with Crippen LogP contribution in [0.15, 0.2) is 35.3 Å². The molecule has 2 unspecified atom stereocenters. The minimum absolute atomic E-state index is 0.0964. The molecule has 1 rings (SSSR count). The summed E-state index contributed by atoms with van der Waals surface area (Å²) in [4.78, 5) is 63.4. The van der Waals surface area contributed by atoms with Gasteiger partial charge in [0.25, 0.3) is 0 Å². The lowest BCUT2D eigenvalue weighted by Crippen LogP contribution is -2.52. The van der Waals surface area contributed by atoms with Gasteiger partial charge in [-0.1, -0.05) is 30.3 Å². The average molecular weight is 478 g/mol. The van der Waals surface area contributed by atoms with Crippen LogP contribution in [-0.4, -0.2) is 65.8 Å². The maximum absolute atomic E-state index is 12.4.